The largest absolute Gasteiger partial charge is 0.462 e. The molecule has 59 heavy (non-hydrogen) atoms. The number of esters is 1. The fraction of sp³-hybridized carbons (Fsp3) is 0.913. The molecule has 19 atom stereocenters. The van der Waals surface area contributed by atoms with E-state index in [9.17, 15) is 9.90 Å². The molecule has 0 bridgehead atoms. The number of likely N-dealkylation sites (N-methyl/N-ethyl adjacent to an activating group) is 1. The number of methoxy groups -OCH3 is 3. The number of hydrogen-bond donors (Lipinski definition) is 2. The van der Waals surface area contributed by atoms with E-state index in [1.807, 2.05) is 13.8 Å². The third-order valence-corrected chi connectivity index (χ3v) is 15.7. The Balaban J connectivity index is 1.18. The molecule has 0 radical (unpaired) electrons. The fourth-order valence-electron chi connectivity index (χ4n) is 12.6. The summed E-state index contributed by atoms with van der Waals surface area (Å²) in [5.74, 6) is -1.28. The number of aliphatic hydroxyl groups excluding tert-OH is 1. The summed E-state index contributed by atoms with van der Waals surface area (Å²) in [6.45, 7) is 8.14. The lowest BCUT2D eigenvalue weighted by atomic mass is 9.62. The number of fused-ring (bicyclic) bond motifs is 5. The van der Waals surface area contributed by atoms with Crippen molar-refractivity contribution < 1.29 is 52.6 Å². The van der Waals surface area contributed by atoms with E-state index in [1.165, 1.54) is 0 Å². The molecule has 0 aromatic carbocycles. The summed E-state index contributed by atoms with van der Waals surface area (Å²) in [5, 5.41) is 16.5. The van der Waals surface area contributed by atoms with Gasteiger partial charge in [-0.05, 0) is 121 Å². The first-order valence-electron chi connectivity index (χ1n) is 23.1. The van der Waals surface area contributed by atoms with Crippen LogP contribution < -0.4 is 5.32 Å². The van der Waals surface area contributed by atoms with Crippen LogP contribution in [0.5, 0.6) is 0 Å². The Bertz CT molecular complexity index is 1440. The minimum absolute atomic E-state index is 0.00923. The Morgan fingerprint density at radius 3 is 2.20 bits per heavy atom. The van der Waals surface area contributed by atoms with Gasteiger partial charge in [-0.15, -0.1) is 0 Å². The van der Waals surface area contributed by atoms with Crippen molar-refractivity contribution in [2.75, 3.05) is 35.4 Å². The maximum absolute atomic E-state index is 15.1. The molecular weight excluding hydrogens is 757 g/mol. The molecule has 0 spiro atoms. The quantitative estimate of drug-likeness (QED) is 0.264. The van der Waals surface area contributed by atoms with Crippen LogP contribution in [-0.2, 0) is 47.5 Å². The van der Waals surface area contributed by atoms with Crippen molar-refractivity contribution in [1.82, 2.24) is 10.2 Å². The summed E-state index contributed by atoms with van der Waals surface area (Å²) in [7, 11) is 9.11. The summed E-state index contributed by atoms with van der Waals surface area (Å²) in [5.41, 5.74) is 0.699. The number of nitrogens with zero attached hydrogens (tertiary/aromatic N) is 1. The number of ether oxygens (including phenoxy) is 8. The lowest BCUT2D eigenvalue weighted by Gasteiger charge is -2.48. The van der Waals surface area contributed by atoms with Crippen molar-refractivity contribution in [3.05, 3.63) is 11.6 Å². The normalized spacial score (nSPS) is 46.2. The smallest absolute Gasteiger partial charge is 0.306 e. The van der Waals surface area contributed by atoms with Gasteiger partial charge in [0.2, 0.25) is 0 Å². The predicted octanol–water partition coefficient (Wildman–Crippen LogP) is 5.19. The number of allylic oxidation sites excluding steroid dienone is 2. The molecule has 6 fully saturated rings. The van der Waals surface area contributed by atoms with E-state index in [4.69, 9.17) is 37.9 Å². The minimum atomic E-state index is -0.682. The molecule has 3 heterocycles. The number of Topliss-reactive ketones (excluding diaryl/α,β-unsaturated/α-hetero) is 1. The zero-order valence-corrected chi connectivity index (χ0v) is 37.3. The van der Waals surface area contributed by atoms with Crippen molar-refractivity contribution in [2.24, 2.45) is 35.5 Å². The zero-order valence-electron chi connectivity index (χ0n) is 37.3. The maximum atomic E-state index is 15.1. The number of carbonyl (C=O) groups is 2. The van der Waals surface area contributed by atoms with E-state index >= 15 is 4.79 Å². The van der Waals surface area contributed by atoms with Gasteiger partial charge in [0.15, 0.2) is 18.4 Å². The topological polar surface area (TPSA) is 143 Å². The average molecular weight is 833 g/mol. The summed E-state index contributed by atoms with van der Waals surface area (Å²) in [6, 6.07) is 0.303. The predicted molar refractivity (Wildman–Crippen MR) is 220 cm³/mol. The van der Waals surface area contributed by atoms with Gasteiger partial charge >= 0.3 is 5.97 Å². The van der Waals surface area contributed by atoms with Crippen LogP contribution in [0.2, 0.25) is 0 Å². The molecule has 4 aliphatic carbocycles. The lowest BCUT2D eigenvalue weighted by Crippen LogP contribution is -2.60. The van der Waals surface area contributed by atoms with E-state index in [-0.39, 0.29) is 103 Å². The Labute approximate surface area is 353 Å². The molecular formula is C46H76N2O11. The molecule has 336 valence electrons. The van der Waals surface area contributed by atoms with Gasteiger partial charge in [0.1, 0.15) is 24.4 Å². The van der Waals surface area contributed by atoms with Crippen LogP contribution in [0.1, 0.15) is 111 Å². The van der Waals surface area contributed by atoms with E-state index in [2.05, 4.69) is 44.2 Å². The molecule has 4 unspecified atom stereocenters. The van der Waals surface area contributed by atoms with Crippen molar-refractivity contribution >= 4 is 11.8 Å². The van der Waals surface area contributed by atoms with Crippen LogP contribution >= 0.6 is 0 Å². The SMILES string of the molecule is CC[C@H]1CCC[C@H](O[C@H]2CC[C@H](N(C)C)C(C)O2)[C@@H](C)C(=O)C2=C[C@H]3[C@@H]4C[C@H](O[C@@H]5OC(C)[C@H](OC)C(OC)C5OC)C[C@H]4[C@@H](O)[C@H](NC4CCCC4)[C@H]3[C@@H]2CC(=O)O1. The van der Waals surface area contributed by atoms with Gasteiger partial charge < -0.3 is 53.2 Å². The van der Waals surface area contributed by atoms with Gasteiger partial charge in [0.05, 0.1) is 36.9 Å². The molecule has 3 aliphatic heterocycles. The van der Waals surface area contributed by atoms with Gasteiger partial charge in [0, 0.05) is 51.3 Å². The molecule has 2 N–H and O–H groups in total. The van der Waals surface area contributed by atoms with Crippen LogP contribution in [0.3, 0.4) is 0 Å². The average Bonchev–Trinajstić information content (AvgIpc) is 3.97. The van der Waals surface area contributed by atoms with Crippen LogP contribution in [0.25, 0.3) is 0 Å². The number of nitrogens with one attached hydrogen (secondary N) is 1. The van der Waals surface area contributed by atoms with Crippen LogP contribution in [0.4, 0.5) is 0 Å². The first-order chi connectivity index (χ1) is 28.4. The van der Waals surface area contributed by atoms with Gasteiger partial charge in [-0.2, -0.15) is 0 Å². The van der Waals surface area contributed by atoms with Crippen molar-refractivity contribution in [1.29, 1.82) is 0 Å². The molecule has 7 aliphatic rings. The maximum Gasteiger partial charge on any atom is 0.306 e. The van der Waals surface area contributed by atoms with Gasteiger partial charge in [0.25, 0.3) is 0 Å². The van der Waals surface area contributed by atoms with Crippen molar-refractivity contribution in [3.63, 3.8) is 0 Å². The lowest BCUT2D eigenvalue weighted by molar-refractivity contribution is -0.314. The van der Waals surface area contributed by atoms with E-state index in [0.29, 0.717) is 37.3 Å². The minimum Gasteiger partial charge on any atom is -0.462 e. The highest BCUT2D eigenvalue weighted by Crippen LogP contribution is 2.57. The molecule has 13 nitrogen and oxygen atoms in total. The summed E-state index contributed by atoms with van der Waals surface area (Å²) < 4.78 is 50.2. The second kappa shape index (κ2) is 19.9. The highest BCUT2D eigenvalue weighted by Gasteiger charge is 2.60. The van der Waals surface area contributed by atoms with Gasteiger partial charge in [-0.3, -0.25) is 9.59 Å². The standard InChI is InChI=1S/C46H76N2O11/c1-10-28-16-13-17-36(59-38-19-18-35(48(5)6)25(3)55-38)24(2)41(50)34-22-31-30-20-29(58-46-45(54-9)44(53-8)43(52-7)26(4)56-46)21-33(30)42(51)40(47-27-14-11-12-15-27)39(31)32(34)23-37(49)57-28/h22,24-33,35-36,38-40,42-47,51H,10-21,23H2,1-9H3/t24-,25?,26?,28+,29+,30+,31+,32-,33-,35+,36+,38+,39-,40-,42-,43+,44?,45?,46+/m1/s1. The number of ketones is 1. The summed E-state index contributed by atoms with van der Waals surface area (Å²) >= 11 is 0. The van der Waals surface area contributed by atoms with Crippen molar-refractivity contribution in [3.8, 4) is 0 Å². The van der Waals surface area contributed by atoms with Crippen LogP contribution in [0, 0.1) is 35.5 Å². The number of rotatable bonds is 11. The van der Waals surface area contributed by atoms with Gasteiger partial charge in [-0.1, -0.05) is 32.8 Å². The van der Waals surface area contributed by atoms with E-state index in [1.54, 1.807) is 21.3 Å². The highest BCUT2D eigenvalue weighted by atomic mass is 16.7. The van der Waals surface area contributed by atoms with Crippen molar-refractivity contribution in [2.45, 2.75) is 197 Å². The number of cyclic esters (lactones) is 1. The van der Waals surface area contributed by atoms with Gasteiger partial charge in [-0.25, -0.2) is 0 Å². The Kier molecular flexibility index (Phi) is 15.3. The van der Waals surface area contributed by atoms with Crippen LogP contribution in [-0.4, -0.2) is 143 Å². The first-order valence-corrected chi connectivity index (χ1v) is 23.1. The number of hydrogen-bond acceptors (Lipinski definition) is 13. The molecule has 7 rings (SSSR count). The summed E-state index contributed by atoms with van der Waals surface area (Å²) in [6.07, 6.45) is 8.68. The molecule has 0 aromatic heterocycles. The molecule has 3 saturated carbocycles. The molecule has 13 heteroatoms. The molecule has 0 aromatic rings. The molecule has 3 saturated heterocycles. The zero-order chi connectivity index (χ0) is 42.1. The van der Waals surface area contributed by atoms with E-state index in [0.717, 1.165) is 51.4 Å². The Morgan fingerprint density at radius 2 is 1.54 bits per heavy atom. The number of carbonyl (C=O) groups excluding carboxylic acids is 2. The Morgan fingerprint density at radius 1 is 0.831 bits per heavy atom. The molecule has 0 amide bonds. The third kappa shape index (κ3) is 9.55. The van der Waals surface area contributed by atoms with E-state index < -0.39 is 30.3 Å². The summed E-state index contributed by atoms with van der Waals surface area (Å²) in [4.78, 5) is 31.3. The first kappa shape index (κ1) is 45.5. The van der Waals surface area contributed by atoms with Crippen LogP contribution in [0.15, 0.2) is 11.6 Å². The second-order valence-electron chi connectivity index (χ2n) is 19.3. The number of aliphatic hydroxyl groups is 1. The fourth-order valence-corrected chi connectivity index (χ4v) is 12.6. The highest BCUT2D eigenvalue weighted by molar-refractivity contribution is 5.99. The monoisotopic (exact) mass is 833 g/mol. The second-order valence-corrected chi connectivity index (χ2v) is 19.3. The third-order valence-electron chi connectivity index (χ3n) is 15.7. The Hall–Kier alpha value is -1.52.